The third-order valence-electron chi connectivity index (χ3n) is 2.92. The van der Waals surface area contributed by atoms with Gasteiger partial charge in [0.15, 0.2) is 0 Å². The van der Waals surface area contributed by atoms with Gasteiger partial charge in [0.05, 0.1) is 21.3 Å². The smallest absolute Gasteiger partial charge is 0.226 e. The molecule has 0 fully saturated rings. The highest BCUT2D eigenvalue weighted by Crippen LogP contribution is 2.25. The lowest BCUT2D eigenvalue weighted by molar-refractivity contribution is -0.115. The zero-order valence-electron chi connectivity index (χ0n) is 11.6. The van der Waals surface area contributed by atoms with Crippen LogP contribution in [0, 0.1) is 11.3 Å². The van der Waals surface area contributed by atoms with Gasteiger partial charge in [-0.15, -0.1) is 0 Å². The normalized spacial score (nSPS) is 9.86. The summed E-state index contributed by atoms with van der Waals surface area (Å²) in [5.74, 6) is -0.152. The molecule has 2 rings (SSSR count). The first kappa shape index (κ1) is 16.2. The van der Waals surface area contributed by atoms with Crippen molar-refractivity contribution >= 4 is 40.5 Å². The Balaban J connectivity index is 1.85. The van der Waals surface area contributed by atoms with Gasteiger partial charge < -0.3 is 10.6 Å². The Bertz CT molecular complexity index is 726. The van der Waals surface area contributed by atoms with Gasteiger partial charge in [-0.2, -0.15) is 5.26 Å². The standard InChI is InChI=1S/C16H13Cl2N3O/c17-13-6-5-12(9-14(13)18)21-16(22)7-8-20-15-4-2-1-3-11(15)10-19/h1-6,9,20H,7-8H2,(H,21,22). The summed E-state index contributed by atoms with van der Waals surface area (Å²) < 4.78 is 0. The molecule has 0 aliphatic carbocycles. The zero-order chi connectivity index (χ0) is 15.9. The van der Waals surface area contributed by atoms with E-state index in [-0.39, 0.29) is 12.3 Å². The maximum atomic E-state index is 11.9. The lowest BCUT2D eigenvalue weighted by atomic mass is 10.2. The topological polar surface area (TPSA) is 64.9 Å². The molecule has 0 unspecified atom stereocenters. The second-order valence-electron chi connectivity index (χ2n) is 4.51. The van der Waals surface area contributed by atoms with E-state index in [0.717, 1.165) is 0 Å². The number of para-hydroxylation sites is 1. The van der Waals surface area contributed by atoms with Crippen molar-refractivity contribution in [3.8, 4) is 6.07 Å². The van der Waals surface area contributed by atoms with Crippen LogP contribution in [-0.2, 0) is 4.79 Å². The van der Waals surface area contributed by atoms with E-state index in [0.29, 0.717) is 33.5 Å². The molecule has 0 heterocycles. The van der Waals surface area contributed by atoms with Crippen molar-refractivity contribution in [2.24, 2.45) is 0 Å². The number of amides is 1. The molecule has 0 aliphatic heterocycles. The predicted octanol–water partition coefficient (Wildman–Crippen LogP) is 4.31. The highest BCUT2D eigenvalue weighted by Gasteiger charge is 2.05. The van der Waals surface area contributed by atoms with E-state index in [2.05, 4.69) is 16.7 Å². The number of carbonyl (C=O) groups excluding carboxylic acids is 1. The monoisotopic (exact) mass is 333 g/mol. The van der Waals surface area contributed by atoms with Crippen molar-refractivity contribution in [3.05, 3.63) is 58.1 Å². The van der Waals surface area contributed by atoms with Crippen LogP contribution in [0.2, 0.25) is 10.0 Å². The van der Waals surface area contributed by atoms with Crippen LogP contribution in [0.3, 0.4) is 0 Å². The molecule has 0 aromatic heterocycles. The van der Waals surface area contributed by atoms with Crippen LogP contribution >= 0.6 is 23.2 Å². The molecule has 0 radical (unpaired) electrons. The van der Waals surface area contributed by atoms with Crippen LogP contribution in [0.4, 0.5) is 11.4 Å². The molecule has 6 heteroatoms. The second kappa shape index (κ2) is 7.69. The summed E-state index contributed by atoms with van der Waals surface area (Å²) in [4.78, 5) is 11.9. The van der Waals surface area contributed by atoms with Crippen LogP contribution < -0.4 is 10.6 Å². The molecule has 0 saturated heterocycles. The summed E-state index contributed by atoms with van der Waals surface area (Å²) in [6.45, 7) is 0.422. The van der Waals surface area contributed by atoms with Crippen molar-refractivity contribution in [2.75, 3.05) is 17.2 Å². The number of anilines is 2. The fourth-order valence-corrected chi connectivity index (χ4v) is 2.14. The van der Waals surface area contributed by atoms with Crippen LogP contribution in [0.25, 0.3) is 0 Å². The molecule has 22 heavy (non-hydrogen) atoms. The first-order valence-corrected chi connectivity index (χ1v) is 7.33. The first-order chi connectivity index (χ1) is 10.6. The fourth-order valence-electron chi connectivity index (χ4n) is 1.84. The van der Waals surface area contributed by atoms with E-state index in [1.165, 1.54) is 0 Å². The van der Waals surface area contributed by atoms with Crippen molar-refractivity contribution in [1.82, 2.24) is 0 Å². The quantitative estimate of drug-likeness (QED) is 0.856. The molecule has 0 spiro atoms. The first-order valence-electron chi connectivity index (χ1n) is 6.58. The fraction of sp³-hybridized carbons (Fsp3) is 0.125. The van der Waals surface area contributed by atoms with Crippen LogP contribution in [0.5, 0.6) is 0 Å². The Kier molecular flexibility index (Phi) is 5.65. The Hall–Kier alpha value is -2.22. The molecule has 0 bridgehead atoms. The molecular formula is C16H13Cl2N3O. The number of nitriles is 1. The lowest BCUT2D eigenvalue weighted by Gasteiger charge is -2.09. The van der Waals surface area contributed by atoms with Gasteiger partial charge in [-0.1, -0.05) is 35.3 Å². The Morgan fingerprint density at radius 2 is 1.91 bits per heavy atom. The molecule has 2 aromatic carbocycles. The lowest BCUT2D eigenvalue weighted by Crippen LogP contribution is -2.16. The van der Waals surface area contributed by atoms with Crippen LogP contribution in [0.1, 0.15) is 12.0 Å². The molecule has 2 aromatic rings. The maximum absolute atomic E-state index is 11.9. The number of rotatable bonds is 5. The minimum absolute atomic E-state index is 0.152. The molecule has 0 aliphatic rings. The number of hydrogen-bond donors (Lipinski definition) is 2. The van der Waals surface area contributed by atoms with Gasteiger partial charge in [-0.3, -0.25) is 4.79 Å². The summed E-state index contributed by atoms with van der Waals surface area (Å²) in [6, 6.07) is 14.1. The highest BCUT2D eigenvalue weighted by molar-refractivity contribution is 6.42. The van der Waals surface area contributed by atoms with E-state index >= 15 is 0 Å². The van der Waals surface area contributed by atoms with Crippen molar-refractivity contribution in [1.29, 1.82) is 5.26 Å². The average Bonchev–Trinajstić information content (AvgIpc) is 2.51. The number of halogens is 2. The number of hydrogen-bond acceptors (Lipinski definition) is 3. The summed E-state index contributed by atoms with van der Waals surface area (Å²) in [5.41, 5.74) is 1.86. The predicted molar refractivity (Wildman–Crippen MR) is 89.4 cm³/mol. The van der Waals surface area contributed by atoms with Crippen LogP contribution in [-0.4, -0.2) is 12.5 Å². The maximum Gasteiger partial charge on any atom is 0.226 e. The SMILES string of the molecule is N#Cc1ccccc1NCCC(=O)Nc1ccc(Cl)c(Cl)c1. The molecule has 112 valence electrons. The summed E-state index contributed by atoms with van der Waals surface area (Å²) >= 11 is 11.7. The minimum atomic E-state index is -0.152. The van der Waals surface area contributed by atoms with Gasteiger partial charge in [0.2, 0.25) is 5.91 Å². The summed E-state index contributed by atoms with van der Waals surface area (Å²) in [7, 11) is 0. The summed E-state index contributed by atoms with van der Waals surface area (Å²) in [5, 5.41) is 15.6. The van der Waals surface area contributed by atoms with E-state index in [1.54, 1.807) is 36.4 Å². The van der Waals surface area contributed by atoms with E-state index in [9.17, 15) is 4.79 Å². The van der Waals surface area contributed by atoms with E-state index in [1.807, 2.05) is 6.07 Å². The van der Waals surface area contributed by atoms with Crippen LogP contribution in [0.15, 0.2) is 42.5 Å². The molecule has 2 N–H and O–H groups in total. The third kappa shape index (κ3) is 4.39. The van der Waals surface area contributed by atoms with Gasteiger partial charge >= 0.3 is 0 Å². The molecule has 0 saturated carbocycles. The molecular weight excluding hydrogens is 321 g/mol. The number of nitrogens with one attached hydrogen (secondary N) is 2. The summed E-state index contributed by atoms with van der Waals surface area (Å²) in [6.07, 6.45) is 0.264. The molecule has 0 atom stereocenters. The van der Waals surface area contributed by atoms with Crippen molar-refractivity contribution in [2.45, 2.75) is 6.42 Å². The minimum Gasteiger partial charge on any atom is -0.383 e. The van der Waals surface area contributed by atoms with Crippen molar-refractivity contribution < 1.29 is 4.79 Å². The number of nitrogens with zero attached hydrogens (tertiary/aromatic N) is 1. The highest BCUT2D eigenvalue weighted by atomic mass is 35.5. The van der Waals surface area contributed by atoms with Gasteiger partial charge in [0.25, 0.3) is 0 Å². The largest absolute Gasteiger partial charge is 0.383 e. The Morgan fingerprint density at radius 3 is 2.64 bits per heavy atom. The number of benzene rings is 2. The van der Waals surface area contributed by atoms with Gasteiger partial charge in [-0.25, -0.2) is 0 Å². The molecule has 4 nitrogen and oxygen atoms in total. The molecule has 1 amide bonds. The Labute approximate surface area is 138 Å². The second-order valence-corrected chi connectivity index (χ2v) is 5.33. The van der Waals surface area contributed by atoms with E-state index in [4.69, 9.17) is 28.5 Å². The van der Waals surface area contributed by atoms with Gasteiger partial charge in [0.1, 0.15) is 6.07 Å². The average molecular weight is 334 g/mol. The van der Waals surface area contributed by atoms with E-state index < -0.39 is 0 Å². The van der Waals surface area contributed by atoms with Gasteiger partial charge in [0, 0.05) is 18.7 Å². The van der Waals surface area contributed by atoms with Gasteiger partial charge in [-0.05, 0) is 30.3 Å². The van der Waals surface area contributed by atoms with Crippen molar-refractivity contribution in [3.63, 3.8) is 0 Å². The Morgan fingerprint density at radius 1 is 1.14 bits per heavy atom. The third-order valence-corrected chi connectivity index (χ3v) is 3.66. The zero-order valence-corrected chi connectivity index (χ0v) is 13.1. The number of carbonyl (C=O) groups is 1.